The second-order valence-corrected chi connectivity index (χ2v) is 7.91. The van der Waals surface area contributed by atoms with Crippen LogP contribution in [0, 0.1) is 5.92 Å². The van der Waals surface area contributed by atoms with Gasteiger partial charge in [0, 0.05) is 11.5 Å². The fourth-order valence-corrected chi connectivity index (χ4v) is 4.63. The molecule has 1 unspecified atom stereocenters. The number of hydrogen-bond acceptors (Lipinski definition) is 3. The lowest BCUT2D eigenvalue weighted by Crippen LogP contribution is -2.37. The number of Topliss-reactive ketones (excluding diaryl/α,β-unsaturated/α-hetero) is 1. The van der Waals surface area contributed by atoms with E-state index in [0.29, 0.717) is 11.1 Å². The number of carbonyl (C=O) groups excluding carboxylic acids is 2. The highest BCUT2D eigenvalue weighted by Crippen LogP contribution is 2.26. The van der Waals surface area contributed by atoms with Gasteiger partial charge in [-0.1, -0.05) is 60.7 Å². The van der Waals surface area contributed by atoms with Crippen LogP contribution in [0.5, 0.6) is 0 Å². The molecule has 0 radical (unpaired) electrons. The van der Waals surface area contributed by atoms with E-state index in [-0.39, 0.29) is 11.7 Å². The second kappa shape index (κ2) is 7.42. The van der Waals surface area contributed by atoms with Crippen LogP contribution in [0.15, 0.2) is 60.7 Å². The molecule has 0 fully saturated rings. The van der Waals surface area contributed by atoms with Crippen molar-refractivity contribution in [1.29, 1.82) is 0 Å². The summed E-state index contributed by atoms with van der Waals surface area (Å²) >= 11 is 0. The Labute approximate surface area is 175 Å². The number of carbonyl (C=O) groups is 2. The molecule has 0 amide bonds. The highest BCUT2D eigenvalue weighted by Gasteiger charge is 2.23. The molecule has 2 aliphatic carbocycles. The maximum atomic E-state index is 13.2. The van der Waals surface area contributed by atoms with Crippen molar-refractivity contribution < 1.29 is 14.3 Å². The van der Waals surface area contributed by atoms with Gasteiger partial charge in [0.15, 0.2) is 5.78 Å². The minimum Gasteiger partial charge on any atom is -0.465 e. The molecule has 0 bridgehead atoms. The average Bonchev–Trinajstić information content (AvgIpc) is 2.82. The Hall–Kier alpha value is -3.46. The van der Waals surface area contributed by atoms with Crippen LogP contribution in [-0.2, 0) is 17.6 Å². The van der Waals surface area contributed by atoms with E-state index in [1.807, 2.05) is 0 Å². The first-order valence-electron chi connectivity index (χ1n) is 10.3. The van der Waals surface area contributed by atoms with E-state index in [1.165, 1.54) is 39.8 Å². The maximum Gasteiger partial charge on any atom is 0.337 e. The largest absolute Gasteiger partial charge is 0.465 e. The summed E-state index contributed by atoms with van der Waals surface area (Å²) < 4.78 is 4.74. The fraction of sp³-hybridized carbons (Fsp3) is 0.185. The zero-order chi connectivity index (χ0) is 20.7. The van der Waals surface area contributed by atoms with Gasteiger partial charge in [0.2, 0.25) is 0 Å². The summed E-state index contributed by atoms with van der Waals surface area (Å²) in [6.45, 7) is 0. The van der Waals surface area contributed by atoms with Gasteiger partial charge in [-0.2, -0.15) is 0 Å². The maximum absolute atomic E-state index is 13.2. The summed E-state index contributed by atoms with van der Waals surface area (Å²) in [7, 11) is 1.35. The zero-order valence-electron chi connectivity index (χ0n) is 16.9. The molecule has 0 spiro atoms. The summed E-state index contributed by atoms with van der Waals surface area (Å²) in [5.74, 6) is -0.445. The van der Waals surface area contributed by atoms with Crippen LogP contribution in [-0.4, -0.2) is 18.9 Å². The molecule has 2 aliphatic rings. The number of fused-ring (bicyclic) bond motifs is 5. The van der Waals surface area contributed by atoms with Gasteiger partial charge in [-0.25, -0.2) is 4.79 Å². The van der Waals surface area contributed by atoms with Crippen LogP contribution in [0.4, 0.5) is 0 Å². The average molecular weight is 394 g/mol. The number of hydrogen-bond donors (Lipinski definition) is 0. The summed E-state index contributed by atoms with van der Waals surface area (Å²) in [6, 6.07) is 19.7. The Morgan fingerprint density at radius 2 is 1.60 bits per heavy atom. The minimum absolute atomic E-state index is 0.103. The van der Waals surface area contributed by atoms with E-state index in [4.69, 9.17) is 4.74 Å². The predicted molar refractivity (Wildman–Crippen MR) is 118 cm³/mol. The van der Waals surface area contributed by atoms with Crippen LogP contribution in [0.1, 0.15) is 38.3 Å². The molecule has 0 saturated heterocycles. The number of ketones is 1. The highest BCUT2D eigenvalue weighted by atomic mass is 16.5. The van der Waals surface area contributed by atoms with Crippen LogP contribution in [0.25, 0.3) is 23.3 Å². The fourth-order valence-electron chi connectivity index (χ4n) is 4.63. The molecule has 0 heterocycles. The number of esters is 1. The van der Waals surface area contributed by atoms with Crippen molar-refractivity contribution >= 4 is 23.9 Å². The third-order valence-corrected chi connectivity index (χ3v) is 6.23. The van der Waals surface area contributed by atoms with Crippen LogP contribution in [0.2, 0.25) is 0 Å². The van der Waals surface area contributed by atoms with E-state index in [9.17, 15) is 9.59 Å². The first kappa shape index (κ1) is 18.6. The van der Waals surface area contributed by atoms with E-state index in [0.717, 1.165) is 19.3 Å². The normalized spacial score (nSPS) is 16.2. The monoisotopic (exact) mass is 394 g/mol. The van der Waals surface area contributed by atoms with Crippen molar-refractivity contribution in [3.05, 3.63) is 93.4 Å². The number of benzene rings is 3. The Morgan fingerprint density at radius 3 is 2.40 bits per heavy atom. The van der Waals surface area contributed by atoms with Gasteiger partial charge >= 0.3 is 5.97 Å². The van der Waals surface area contributed by atoms with Crippen LogP contribution >= 0.6 is 0 Å². The lowest BCUT2D eigenvalue weighted by molar-refractivity contribution is 0.0600. The summed E-state index contributed by atoms with van der Waals surface area (Å²) in [6.07, 6.45) is 7.07. The smallest absolute Gasteiger partial charge is 0.337 e. The molecule has 148 valence electrons. The van der Waals surface area contributed by atoms with Crippen LogP contribution in [0.3, 0.4) is 0 Å². The molecular weight excluding hydrogens is 372 g/mol. The first-order chi connectivity index (χ1) is 14.7. The standard InChI is InChI=1S/C27H22O3/c1-30-27(29)20-9-7-19(8-10-20)26(28)21-11-6-18-13-14-23-22-5-3-2-4-17(22)12-15-24(23)25(18)16-21/h2-5,7-10,13-16,21H,6,11-12H2,1H3. The zero-order valence-corrected chi connectivity index (χ0v) is 16.9. The summed E-state index contributed by atoms with van der Waals surface area (Å²) in [5.41, 5.74) is 6.29. The van der Waals surface area contributed by atoms with Crippen molar-refractivity contribution in [2.45, 2.75) is 19.3 Å². The molecule has 3 nitrogen and oxygen atoms in total. The molecular formula is C27H22O3. The van der Waals surface area contributed by atoms with Crippen molar-refractivity contribution in [1.82, 2.24) is 0 Å². The molecule has 30 heavy (non-hydrogen) atoms. The molecule has 3 aromatic carbocycles. The third-order valence-electron chi connectivity index (χ3n) is 6.23. The summed E-state index contributed by atoms with van der Waals surface area (Å²) in [4.78, 5) is 24.8. The molecule has 5 rings (SSSR count). The lowest BCUT2D eigenvalue weighted by atomic mass is 9.82. The van der Waals surface area contributed by atoms with Gasteiger partial charge in [0.05, 0.1) is 12.7 Å². The van der Waals surface area contributed by atoms with E-state index in [1.54, 1.807) is 24.3 Å². The number of aryl methyl sites for hydroxylation is 1. The van der Waals surface area contributed by atoms with E-state index < -0.39 is 5.97 Å². The Morgan fingerprint density at radius 1 is 0.833 bits per heavy atom. The van der Waals surface area contributed by atoms with E-state index in [2.05, 4.69) is 48.6 Å². The minimum atomic E-state index is -0.394. The highest BCUT2D eigenvalue weighted by molar-refractivity contribution is 6.02. The Bertz CT molecular complexity index is 1280. The number of rotatable bonds is 3. The van der Waals surface area contributed by atoms with Crippen molar-refractivity contribution in [3.8, 4) is 11.1 Å². The van der Waals surface area contributed by atoms with Gasteiger partial charge in [0.25, 0.3) is 0 Å². The molecule has 0 saturated carbocycles. The lowest BCUT2D eigenvalue weighted by Gasteiger charge is -2.21. The van der Waals surface area contributed by atoms with Gasteiger partial charge in [-0.3, -0.25) is 4.79 Å². The topological polar surface area (TPSA) is 43.4 Å². The second-order valence-electron chi connectivity index (χ2n) is 7.91. The Kier molecular flexibility index (Phi) is 4.59. The molecule has 1 atom stereocenters. The SMILES string of the molecule is COC(=O)c1ccc(C(=O)C2C=c3c(ccc4c3=CCc3ccccc3-4)CC2)cc1. The van der Waals surface area contributed by atoms with Crippen LogP contribution < -0.4 is 10.4 Å². The number of methoxy groups -OCH3 is 1. The van der Waals surface area contributed by atoms with Gasteiger partial charge in [-0.05, 0) is 64.1 Å². The van der Waals surface area contributed by atoms with Crippen molar-refractivity contribution in [2.24, 2.45) is 5.92 Å². The Balaban J connectivity index is 1.54. The van der Waals surface area contributed by atoms with Crippen molar-refractivity contribution in [2.75, 3.05) is 7.11 Å². The van der Waals surface area contributed by atoms with E-state index >= 15 is 0 Å². The molecule has 3 heteroatoms. The molecule has 3 aromatic rings. The first-order valence-corrected chi connectivity index (χ1v) is 10.3. The number of ether oxygens (including phenoxy) is 1. The van der Waals surface area contributed by atoms with Gasteiger partial charge in [0.1, 0.15) is 0 Å². The van der Waals surface area contributed by atoms with Gasteiger partial charge in [-0.15, -0.1) is 0 Å². The van der Waals surface area contributed by atoms with Gasteiger partial charge < -0.3 is 4.74 Å². The summed E-state index contributed by atoms with van der Waals surface area (Å²) in [5, 5.41) is 2.46. The predicted octanol–water partition coefficient (Wildman–Crippen LogP) is 3.70. The molecule has 0 aromatic heterocycles. The van der Waals surface area contributed by atoms with Crippen molar-refractivity contribution in [3.63, 3.8) is 0 Å². The molecule has 0 aliphatic heterocycles. The molecule has 0 N–H and O–H groups in total. The third kappa shape index (κ3) is 3.07. The quantitative estimate of drug-likeness (QED) is 0.503.